The fourth-order valence-corrected chi connectivity index (χ4v) is 3.89. The van der Waals surface area contributed by atoms with E-state index in [0.29, 0.717) is 19.6 Å². The number of fused-ring (bicyclic) bond motifs is 1. The molecule has 1 heterocycles. The molecule has 1 saturated carbocycles. The van der Waals surface area contributed by atoms with E-state index < -0.39 is 0 Å². The predicted octanol–water partition coefficient (Wildman–Crippen LogP) is 2.02. The highest BCUT2D eigenvalue weighted by Crippen LogP contribution is 2.34. The summed E-state index contributed by atoms with van der Waals surface area (Å²) in [5.74, 6) is 1.35. The molecule has 0 radical (unpaired) electrons. The van der Waals surface area contributed by atoms with Crippen LogP contribution in [0.4, 0.5) is 0 Å². The van der Waals surface area contributed by atoms with Crippen LogP contribution in [0.3, 0.4) is 0 Å². The molecule has 5 heteroatoms. The van der Waals surface area contributed by atoms with E-state index in [9.17, 15) is 9.90 Å². The van der Waals surface area contributed by atoms with Crippen molar-refractivity contribution in [1.29, 1.82) is 0 Å². The van der Waals surface area contributed by atoms with Crippen LogP contribution in [0.25, 0.3) is 0 Å². The Balaban J connectivity index is 1.49. The van der Waals surface area contributed by atoms with Crippen molar-refractivity contribution in [2.45, 2.75) is 44.2 Å². The molecule has 1 aliphatic heterocycles. The lowest BCUT2D eigenvalue weighted by molar-refractivity contribution is -0.144. The number of aryl methyl sites for hydroxylation is 1. The van der Waals surface area contributed by atoms with Crippen LogP contribution >= 0.6 is 0 Å². The summed E-state index contributed by atoms with van der Waals surface area (Å²) >= 11 is 0. The molecule has 3 rings (SSSR count). The van der Waals surface area contributed by atoms with Crippen molar-refractivity contribution in [3.63, 3.8) is 0 Å². The number of nitrogens with zero attached hydrogens (tertiary/aromatic N) is 1. The third-order valence-corrected chi connectivity index (χ3v) is 5.23. The van der Waals surface area contributed by atoms with Gasteiger partial charge in [0.1, 0.15) is 5.75 Å². The highest BCUT2D eigenvalue weighted by Gasteiger charge is 2.42. The molecule has 24 heavy (non-hydrogen) atoms. The molecule has 3 atom stereocenters. The first-order chi connectivity index (χ1) is 11.7. The second kappa shape index (κ2) is 7.99. The van der Waals surface area contributed by atoms with E-state index >= 15 is 0 Å². The van der Waals surface area contributed by atoms with Gasteiger partial charge in [-0.1, -0.05) is 12.1 Å². The molecule has 5 nitrogen and oxygen atoms in total. The quantitative estimate of drug-likeness (QED) is 0.865. The number of rotatable bonds is 6. The van der Waals surface area contributed by atoms with Gasteiger partial charge in [0, 0.05) is 19.6 Å². The molecule has 2 aliphatic rings. The number of aliphatic hydroxyl groups excluding tert-OH is 1. The van der Waals surface area contributed by atoms with E-state index in [4.69, 9.17) is 9.47 Å². The summed E-state index contributed by atoms with van der Waals surface area (Å²) in [4.78, 5) is 14.6. The zero-order valence-corrected chi connectivity index (χ0v) is 14.3. The van der Waals surface area contributed by atoms with Gasteiger partial charge in [-0.3, -0.25) is 4.79 Å². The second-order valence-corrected chi connectivity index (χ2v) is 6.79. The number of hydrogen-bond donors (Lipinski definition) is 1. The van der Waals surface area contributed by atoms with E-state index in [-0.39, 0.29) is 30.6 Å². The van der Waals surface area contributed by atoms with Gasteiger partial charge in [0.15, 0.2) is 0 Å². The number of methoxy groups -OCH3 is 1. The van der Waals surface area contributed by atoms with E-state index in [1.54, 1.807) is 7.11 Å². The first-order valence-electron chi connectivity index (χ1n) is 8.86. The van der Waals surface area contributed by atoms with Gasteiger partial charge in [0.05, 0.1) is 25.9 Å². The summed E-state index contributed by atoms with van der Waals surface area (Å²) in [5, 5.41) is 9.37. The van der Waals surface area contributed by atoms with Crippen LogP contribution < -0.4 is 4.74 Å². The van der Waals surface area contributed by atoms with Gasteiger partial charge in [-0.25, -0.2) is 0 Å². The molecule has 1 saturated heterocycles. The lowest BCUT2D eigenvalue weighted by Gasteiger charge is -2.37. The molecule has 2 fully saturated rings. The minimum atomic E-state index is 0.112. The summed E-state index contributed by atoms with van der Waals surface area (Å²) in [6.07, 6.45) is 4.17. The van der Waals surface area contributed by atoms with Crippen molar-refractivity contribution in [3.8, 4) is 5.75 Å². The molecule has 0 spiro atoms. The number of benzene rings is 1. The number of aliphatic hydroxyl groups is 1. The van der Waals surface area contributed by atoms with Gasteiger partial charge < -0.3 is 19.5 Å². The Bertz CT molecular complexity index is 545. The van der Waals surface area contributed by atoms with Crippen LogP contribution in [-0.4, -0.2) is 54.9 Å². The van der Waals surface area contributed by atoms with Crippen LogP contribution in [0.2, 0.25) is 0 Å². The Morgan fingerprint density at radius 1 is 1.33 bits per heavy atom. The number of carbonyl (C=O) groups is 1. The molecule has 1 aliphatic carbocycles. The Labute approximate surface area is 143 Å². The Morgan fingerprint density at radius 2 is 2.12 bits per heavy atom. The van der Waals surface area contributed by atoms with Crippen LogP contribution in [0.1, 0.15) is 31.2 Å². The third kappa shape index (κ3) is 3.90. The highest BCUT2D eigenvalue weighted by molar-refractivity contribution is 5.76. The summed E-state index contributed by atoms with van der Waals surface area (Å²) < 4.78 is 11.0. The van der Waals surface area contributed by atoms with Gasteiger partial charge in [-0.05, 0) is 49.3 Å². The molecule has 0 aromatic heterocycles. The molecule has 1 amide bonds. The van der Waals surface area contributed by atoms with Crippen LogP contribution in [0, 0.1) is 5.92 Å². The minimum Gasteiger partial charge on any atom is -0.497 e. The summed E-state index contributed by atoms with van der Waals surface area (Å²) in [7, 11) is 1.66. The average molecular weight is 333 g/mol. The molecule has 1 unspecified atom stereocenters. The second-order valence-electron chi connectivity index (χ2n) is 6.79. The topological polar surface area (TPSA) is 59.0 Å². The SMILES string of the molecule is COc1ccc(CCCC(=O)N2CCOC3C[C@H](CO)C[C@@H]32)cc1. The summed E-state index contributed by atoms with van der Waals surface area (Å²) in [6, 6.07) is 8.17. The maximum Gasteiger partial charge on any atom is 0.222 e. The molecular formula is C19H27NO4. The zero-order valence-electron chi connectivity index (χ0n) is 14.3. The number of carbonyl (C=O) groups excluding carboxylic acids is 1. The Kier molecular flexibility index (Phi) is 5.74. The number of ether oxygens (including phenoxy) is 2. The molecule has 132 valence electrons. The van der Waals surface area contributed by atoms with E-state index in [0.717, 1.165) is 31.4 Å². The number of amides is 1. The predicted molar refractivity (Wildman–Crippen MR) is 91.0 cm³/mol. The molecule has 1 N–H and O–H groups in total. The average Bonchev–Trinajstić information content (AvgIpc) is 3.05. The van der Waals surface area contributed by atoms with Crippen molar-refractivity contribution >= 4 is 5.91 Å². The first-order valence-corrected chi connectivity index (χ1v) is 8.86. The van der Waals surface area contributed by atoms with Gasteiger partial charge in [-0.15, -0.1) is 0 Å². The maximum absolute atomic E-state index is 12.6. The monoisotopic (exact) mass is 333 g/mol. The van der Waals surface area contributed by atoms with Crippen LogP contribution in [-0.2, 0) is 16.0 Å². The van der Waals surface area contributed by atoms with E-state index in [2.05, 4.69) is 12.1 Å². The van der Waals surface area contributed by atoms with Crippen molar-refractivity contribution < 1.29 is 19.4 Å². The third-order valence-electron chi connectivity index (χ3n) is 5.23. The molecular weight excluding hydrogens is 306 g/mol. The van der Waals surface area contributed by atoms with E-state index in [1.807, 2.05) is 17.0 Å². The number of hydrogen-bond acceptors (Lipinski definition) is 4. The molecule has 0 bridgehead atoms. The summed E-state index contributed by atoms with van der Waals surface area (Å²) in [5.41, 5.74) is 1.23. The van der Waals surface area contributed by atoms with Crippen molar-refractivity contribution in [2.24, 2.45) is 5.92 Å². The zero-order chi connectivity index (χ0) is 16.9. The van der Waals surface area contributed by atoms with Crippen molar-refractivity contribution in [1.82, 2.24) is 4.90 Å². The smallest absolute Gasteiger partial charge is 0.222 e. The molecule has 1 aromatic carbocycles. The van der Waals surface area contributed by atoms with Gasteiger partial charge in [0.2, 0.25) is 5.91 Å². The van der Waals surface area contributed by atoms with E-state index in [1.165, 1.54) is 5.56 Å². The minimum absolute atomic E-state index is 0.112. The van der Waals surface area contributed by atoms with Gasteiger partial charge >= 0.3 is 0 Å². The standard InChI is InChI=1S/C19H27NO4/c1-23-16-7-5-14(6-8-16)3-2-4-19(22)20-9-10-24-18-12-15(13-21)11-17(18)20/h5-8,15,17-18,21H,2-4,9-13H2,1H3/t15-,17+,18?/m1/s1. The fraction of sp³-hybridized carbons (Fsp3) is 0.632. The van der Waals surface area contributed by atoms with Crippen LogP contribution in [0.15, 0.2) is 24.3 Å². The van der Waals surface area contributed by atoms with Crippen molar-refractivity contribution in [2.75, 3.05) is 26.9 Å². The lowest BCUT2D eigenvalue weighted by Crippen LogP contribution is -2.51. The molecule has 1 aromatic rings. The van der Waals surface area contributed by atoms with Gasteiger partial charge in [0.25, 0.3) is 0 Å². The summed E-state index contributed by atoms with van der Waals surface area (Å²) in [6.45, 7) is 1.49. The lowest BCUT2D eigenvalue weighted by atomic mass is 10.1. The number of morpholine rings is 1. The maximum atomic E-state index is 12.6. The highest BCUT2D eigenvalue weighted by atomic mass is 16.5. The Hall–Kier alpha value is -1.59. The van der Waals surface area contributed by atoms with Crippen molar-refractivity contribution in [3.05, 3.63) is 29.8 Å². The Morgan fingerprint density at radius 3 is 2.83 bits per heavy atom. The van der Waals surface area contributed by atoms with Gasteiger partial charge in [-0.2, -0.15) is 0 Å². The largest absolute Gasteiger partial charge is 0.497 e. The normalized spacial score (nSPS) is 26.2. The first kappa shape index (κ1) is 17.2. The fourth-order valence-electron chi connectivity index (χ4n) is 3.89. The van der Waals surface area contributed by atoms with Crippen LogP contribution in [0.5, 0.6) is 5.75 Å².